The number of amides is 1. The lowest BCUT2D eigenvalue weighted by Crippen LogP contribution is -2.37. The summed E-state index contributed by atoms with van der Waals surface area (Å²) in [5.41, 5.74) is 3.72. The minimum Gasteiger partial charge on any atom is -0.497 e. The van der Waals surface area contributed by atoms with E-state index in [4.69, 9.17) is 4.74 Å². The van der Waals surface area contributed by atoms with Gasteiger partial charge in [-0.15, -0.1) is 11.3 Å². The number of hydrogen-bond donors (Lipinski definition) is 2. The fraction of sp³-hybridized carbons (Fsp3) is 0.214. The number of hydrogen-bond acceptors (Lipinski definition) is 5. The molecule has 1 aromatic heterocycles. The Morgan fingerprint density at radius 1 is 1.11 bits per heavy atom. The number of allylic oxidation sites excluding steroid dienone is 3. The molecule has 0 radical (unpaired) electrons. The monoisotopic (exact) mass is 488 g/mol. The van der Waals surface area contributed by atoms with Gasteiger partial charge in [0.25, 0.3) is 5.91 Å². The summed E-state index contributed by atoms with van der Waals surface area (Å²) in [5.74, 6) is -0.610. The number of benzene rings is 2. The molecule has 2 aliphatic rings. The van der Waals surface area contributed by atoms with Crippen LogP contribution >= 0.6 is 11.3 Å². The number of nitrogens with one attached hydrogen (secondary N) is 2. The van der Waals surface area contributed by atoms with Gasteiger partial charge in [0.15, 0.2) is 5.78 Å². The van der Waals surface area contributed by atoms with Crippen LogP contribution < -0.4 is 15.4 Å². The van der Waals surface area contributed by atoms with E-state index in [9.17, 15) is 14.0 Å². The summed E-state index contributed by atoms with van der Waals surface area (Å²) in [6, 6.07) is 17.3. The van der Waals surface area contributed by atoms with E-state index >= 15 is 0 Å². The van der Waals surface area contributed by atoms with E-state index in [1.54, 1.807) is 30.6 Å². The first kappa shape index (κ1) is 23.1. The molecule has 0 spiro atoms. The van der Waals surface area contributed by atoms with Crippen molar-refractivity contribution >= 4 is 28.7 Å². The van der Waals surface area contributed by atoms with Gasteiger partial charge in [0, 0.05) is 51.4 Å². The molecule has 7 heteroatoms. The highest BCUT2D eigenvalue weighted by molar-refractivity contribution is 7.10. The number of anilines is 1. The van der Waals surface area contributed by atoms with E-state index in [2.05, 4.69) is 16.7 Å². The Balaban J connectivity index is 1.58. The molecule has 3 aromatic rings. The van der Waals surface area contributed by atoms with Crippen molar-refractivity contribution in [2.45, 2.75) is 31.6 Å². The number of carbonyl (C=O) groups excluding carboxylic acids is 2. The van der Waals surface area contributed by atoms with E-state index in [0.29, 0.717) is 41.1 Å². The van der Waals surface area contributed by atoms with E-state index < -0.39 is 11.7 Å². The van der Waals surface area contributed by atoms with Crippen LogP contribution in [0, 0.1) is 5.82 Å². The van der Waals surface area contributed by atoms with Gasteiger partial charge in [-0.25, -0.2) is 4.39 Å². The third-order valence-corrected chi connectivity index (χ3v) is 7.56. The molecule has 2 atom stereocenters. The molecule has 0 unspecified atom stereocenters. The molecule has 178 valence electrons. The van der Waals surface area contributed by atoms with Crippen molar-refractivity contribution in [2.75, 3.05) is 12.4 Å². The lowest BCUT2D eigenvalue weighted by molar-refractivity contribution is -0.116. The molecule has 1 aliphatic heterocycles. The van der Waals surface area contributed by atoms with Crippen LogP contribution in [0.25, 0.3) is 0 Å². The summed E-state index contributed by atoms with van der Waals surface area (Å²) in [6.45, 7) is 1.84. The first-order valence-electron chi connectivity index (χ1n) is 11.4. The molecule has 35 heavy (non-hydrogen) atoms. The molecule has 1 aliphatic carbocycles. The number of halogens is 1. The molecule has 1 amide bonds. The summed E-state index contributed by atoms with van der Waals surface area (Å²) >= 11 is 1.66. The summed E-state index contributed by atoms with van der Waals surface area (Å²) in [4.78, 5) is 28.4. The topological polar surface area (TPSA) is 67.4 Å². The highest BCUT2D eigenvalue weighted by Crippen LogP contribution is 2.46. The van der Waals surface area contributed by atoms with Gasteiger partial charge in [0.1, 0.15) is 11.6 Å². The number of carbonyl (C=O) groups is 2. The van der Waals surface area contributed by atoms with Gasteiger partial charge in [0.05, 0.1) is 7.11 Å². The second-order valence-electron chi connectivity index (χ2n) is 8.77. The molecule has 5 rings (SSSR count). The average molecular weight is 489 g/mol. The van der Waals surface area contributed by atoms with Gasteiger partial charge in [-0.05, 0) is 60.7 Å². The maximum Gasteiger partial charge on any atom is 0.254 e. The highest BCUT2D eigenvalue weighted by Gasteiger charge is 2.41. The summed E-state index contributed by atoms with van der Waals surface area (Å²) in [7, 11) is 1.59. The third kappa shape index (κ3) is 4.51. The average Bonchev–Trinajstić information content (AvgIpc) is 3.38. The quantitative estimate of drug-likeness (QED) is 0.470. The van der Waals surface area contributed by atoms with Crippen LogP contribution in [0.2, 0.25) is 0 Å². The lowest BCUT2D eigenvalue weighted by atomic mass is 9.72. The Hall–Kier alpha value is -3.71. The summed E-state index contributed by atoms with van der Waals surface area (Å²) < 4.78 is 19.2. The van der Waals surface area contributed by atoms with Crippen molar-refractivity contribution in [1.82, 2.24) is 5.32 Å². The van der Waals surface area contributed by atoms with Crippen molar-refractivity contribution in [3.05, 3.63) is 105 Å². The number of methoxy groups -OCH3 is 1. The van der Waals surface area contributed by atoms with Crippen LogP contribution in [0.4, 0.5) is 10.1 Å². The zero-order valence-electron chi connectivity index (χ0n) is 19.4. The van der Waals surface area contributed by atoms with Gasteiger partial charge in [-0.2, -0.15) is 0 Å². The molecule has 0 saturated heterocycles. The van der Waals surface area contributed by atoms with E-state index in [1.807, 2.05) is 42.6 Å². The SMILES string of the molecule is COc1cccc([C@@H]2C(C(=O)Nc3cccc(F)c3)=C(C)NC3=C2C(=O)C[C@@H](c2cccs2)C3)c1. The van der Waals surface area contributed by atoms with Gasteiger partial charge in [-0.1, -0.05) is 24.3 Å². The van der Waals surface area contributed by atoms with Crippen LogP contribution in [-0.2, 0) is 9.59 Å². The molecule has 2 heterocycles. The largest absolute Gasteiger partial charge is 0.497 e. The number of Topliss-reactive ketones (excluding diaryl/α,β-unsaturated/α-hetero) is 1. The van der Waals surface area contributed by atoms with Gasteiger partial charge in [0.2, 0.25) is 0 Å². The van der Waals surface area contributed by atoms with Crippen molar-refractivity contribution < 1.29 is 18.7 Å². The molecule has 2 aromatic carbocycles. The zero-order chi connectivity index (χ0) is 24.5. The Kier molecular flexibility index (Phi) is 6.26. The van der Waals surface area contributed by atoms with Crippen LogP contribution in [0.5, 0.6) is 5.75 Å². The number of rotatable bonds is 5. The van der Waals surface area contributed by atoms with Crippen molar-refractivity contribution in [1.29, 1.82) is 0 Å². The standard InChI is InChI=1S/C28H25FN2O3S/c1-16-25(28(33)31-20-8-4-7-19(29)15-20)26(17-6-3-9-21(12-17)34-2)27-22(30-16)13-18(14-23(27)32)24-10-5-11-35-24/h3-12,15,18,26,30H,13-14H2,1-2H3,(H,31,33)/t18-,26+/m0/s1. The van der Waals surface area contributed by atoms with E-state index in [1.165, 1.54) is 17.0 Å². The number of ether oxygens (including phenoxy) is 1. The Morgan fingerprint density at radius 3 is 2.69 bits per heavy atom. The minimum absolute atomic E-state index is 0.0218. The Labute approximate surface area is 207 Å². The zero-order valence-corrected chi connectivity index (χ0v) is 20.2. The summed E-state index contributed by atoms with van der Waals surface area (Å²) in [5, 5.41) is 8.21. The maximum atomic E-state index is 13.7. The molecule has 2 N–H and O–H groups in total. The van der Waals surface area contributed by atoms with Gasteiger partial charge < -0.3 is 15.4 Å². The molecular weight excluding hydrogens is 463 g/mol. The maximum absolute atomic E-state index is 13.7. The normalized spacial score (nSPS) is 19.8. The van der Waals surface area contributed by atoms with Crippen LogP contribution in [0.1, 0.15) is 42.0 Å². The fourth-order valence-corrected chi connectivity index (χ4v) is 5.81. The molecule has 0 saturated carbocycles. The fourth-order valence-electron chi connectivity index (χ4n) is 4.98. The lowest BCUT2D eigenvalue weighted by Gasteiger charge is -2.36. The number of ketones is 1. The summed E-state index contributed by atoms with van der Waals surface area (Å²) in [6.07, 6.45) is 1.08. The molecule has 0 fully saturated rings. The van der Waals surface area contributed by atoms with Crippen molar-refractivity contribution in [2.24, 2.45) is 0 Å². The van der Waals surface area contributed by atoms with Crippen LogP contribution in [0.3, 0.4) is 0 Å². The second-order valence-corrected chi connectivity index (χ2v) is 9.75. The predicted molar refractivity (Wildman–Crippen MR) is 135 cm³/mol. The van der Waals surface area contributed by atoms with Gasteiger partial charge in [-0.3, -0.25) is 9.59 Å². The smallest absolute Gasteiger partial charge is 0.254 e. The highest BCUT2D eigenvalue weighted by atomic mass is 32.1. The first-order valence-corrected chi connectivity index (χ1v) is 12.3. The number of thiophene rings is 1. The third-order valence-electron chi connectivity index (χ3n) is 6.53. The van der Waals surface area contributed by atoms with E-state index in [0.717, 1.165) is 11.3 Å². The number of dihydropyridines is 1. The van der Waals surface area contributed by atoms with E-state index in [-0.39, 0.29) is 17.6 Å². The van der Waals surface area contributed by atoms with Crippen LogP contribution in [0.15, 0.2) is 88.6 Å². The Morgan fingerprint density at radius 2 is 1.94 bits per heavy atom. The second kappa shape index (κ2) is 9.50. The predicted octanol–water partition coefficient (Wildman–Crippen LogP) is 5.90. The first-order chi connectivity index (χ1) is 16.9. The van der Waals surface area contributed by atoms with Gasteiger partial charge >= 0.3 is 0 Å². The van der Waals surface area contributed by atoms with Crippen molar-refractivity contribution in [3.8, 4) is 5.75 Å². The van der Waals surface area contributed by atoms with Crippen molar-refractivity contribution in [3.63, 3.8) is 0 Å². The molecule has 5 nitrogen and oxygen atoms in total. The molecular formula is C28H25FN2O3S. The van der Waals surface area contributed by atoms with Crippen LogP contribution in [-0.4, -0.2) is 18.8 Å². The Bertz CT molecular complexity index is 1360. The molecule has 0 bridgehead atoms. The minimum atomic E-state index is -0.563.